The second-order valence-corrected chi connectivity index (χ2v) is 9.47. The fraction of sp³-hybridized carbons (Fsp3) is 0.381. The van der Waals surface area contributed by atoms with Gasteiger partial charge < -0.3 is 10.2 Å². The average Bonchev–Trinajstić information content (AvgIpc) is 2.80. The van der Waals surface area contributed by atoms with Crippen molar-refractivity contribution in [3.63, 3.8) is 0 Å². The van der Waals surface area contributed by atoms with Crippen molar-refractivity contribution in [3.8, 4) is 0 Å². The highest BCUT2D eigenvalue weighted by Gasteiger charge is 2.30. The van der Waals surface area contributed by atoms with Crippen molar-refractivity contribution < 1.29 is 26.9 Å². The van der Waals surface area contributed by atoms with E-state index >= 15 is 0 Å². The largest absolute Gasteiger partial charge is 0.357 e. The summed E-state index contributed by atoms with van der Waals surface area (Å²) < 4.78 is 54.8. The number of rotatable bonds is 8. The van der Waals surface area contributed by atoms with Crippen LogP contribution in [0.3, 0.4) is 0 Å². The number of nitro benzene ring substituents is 1. The Bertz CT molecular complexity index is 1130. The van der Waals surface area contributed by atoms with Crippen LogP contribution in [-0.2, 0) is 14.8 Å². The number of nitrogens with zero attached hydrogens (tertiary/aromatic N) is 3. The van der Waals surface area contributed by atoms with Gasteiger partial charge in [0.2, 0.25) is 15.9 Å². The molecular weight excluding hydrogens is 458 g/mol. The number of amides is 1. The Labute approximate surface area is 190 Å². The number of hydrogen-bond donors (Lipinski definition) is 1. The Morgan fingerprint density at radius 1 is 1.15 bits per heavy atom. The normalized spacial score (nSPS) is 14.6. The fourth-order valence-electron chi connectivity index (χ4n) is 3.67. The summed E-state index contributed by atoms with van der Waals surface area (Å²) in [4.78, 5) is 24.6. The molecule has 1 heterocycles. The molecule has 0 aliphatic carbocycles. The minimum absolute atomic E-state index is 0.0178. The number of piperidine rings is 1. The van der Waals surface area contributed by atoms with Crippen LogP contribution >= 0.6 is 0 Å². The zero-order chi connectivity index (χ0) is 24.2. The Kier molecular flexibility index (Phi) is 7.59. The molecule has 0 aromatic heterocycles. The Balaban J connectivity index is 1.87. The van der Waals surface area contributed by atoms with Gasteiger partial charge in [0.15, 0.2) is 0 Å². The van der Waals surface area contributed by atoms with Crippen molar-refractivity contribution in [2.24, 2.45) is 0 Å². The fourth-order valence-corrected chi connectivity index (χ4v) is 5.21. The number of para-hydroxylation sites is 1. The number of likely N-dealkylation sites (N-methyl/N-ethyl adjacent to an activating group) is 1. The van der Waals surface area contributed by atoms with Gasteiger partial charge in [-0.25, -0.2) is 17.2 Å². The van der Waals surface area contributed by atoms with Gasteiger partial charge in [0.25, 0.3) is 5.69 Å². The lowest BCUT2D eigenvalue weighted by Crippen LogP contribution is -2.36. The smallest absolute Gasteiger partial charge is 0.293 e. The monoisotopic (exact) mass is 482 g/mol. The molecule has 1 aliphatic rings. The number of carbonyl (C=O) groups is 1. The number of nitrogens with one attached hydrogen (secondary N) is 1. The maximum atomic E-state index is 13.8. The number of benzene rings is 2. The van der Waals surface area contributed by atoms with E-state index in [0.29, 0.717) is 13.1 Å². The standard InChI is InChI=1S/C21H24F2N4O5S/c1-2-25(14-20(28)24-21-16(22)7-6-8-17(21)23)18-10-9-15(13-19(18)27(29)30)33(31,32)26-11-4-3-5-12-26/h6-10,13H,2-5,11-12,14H2,1H3,(H,24,28). The summed E-state index contributed by atoms with van der Waals surface area (Å²) in [6, 6.07) is 6.65. The van der Waals surface area contributed by atoms with E-state index in [2.05, 4.69) is 5.32 Å². The molecule has 0 radical (unpaired) electrons. The van der Waals surface area contributed by atoms with Gasteiger partial charge in [-0.15, -0.1) is 0 Å². The summed E-state index contributed by atoms with van der Waals surface area (Å²) in [5.41, 5.74) is -1.08. The van der Waals surface area contributed by atoms with Crippen LogP contribution in [0, 0.1) is 21.7 Å². The molecule has 2 aromatic rings. The number of carbonyl (C=O) groups excluding carboxylic acids is 1. The van der Waals surface area contributed by atoms with Gasteiger partial charge in [-0.3, -0.25) is 14.9 Å². The third-order valence-corrected chi connectivity index (χ3v) is 7.28. The van der Waals surface area contributed by atoms with E-state index < -0.39 is 50.4 Å². The molecule has 33 heavy (non-hydrogen) atoms. The highest BCUT2D eigenvalue weighted by atomic mass is 32.2. The Hall–Kier alpha value is -3.12. The first-order valence-electron chi connectivity index (χ1n) is 10.4. The van der Waals surface area contributed by atoms with Gasteiger partial charge >= 0.3 is 0 Å². The molecule has 0 spiro atoms. The maximum Gasteiger partial charge on any atom is 0.293 e. The molecule has 1 amide bonds. The van der Waals surface area contributed by atoms with Gasteiger partial charge in [-0.2, -0.15) is 4.31 Å². The first kappa shape index (κ1) is 24.5. The lowest BCUT2D eigenvalue weighted by molar-refractivity contribution is -0.384. The molecule has 12 heteroatoms. The van der Waals surface area contributed by atoms with Crippen LogP contribution in [0.25, 0.3) is 0 Å². The zero-order valence-corrected chi connectivity index (χ0v) is 18.8. The van der Waals surface area contributed by atoms with Gasteiger partial charge in [0.1, 0.15) is 23.0 Å². The zero-order valence-electron chi connectivity index (χ0n) is 18.0. The second-order valence-electron chi connectivity index (χ2n) is 7.53. The summed E-state index contributed by atoms with van der Waals surface area (Å²) in [6.45, 7) is 2.05. The van der Waals surface area contributed by atoms with Crippen molar-refractivity contribution in [3.05, 3.63) is 58.1 Å². The summed E-state index contributed by atoms with van der Waals surface area (Å²) >= 11 is 0. The predicted octanol–water partition coefficient (Wildman–Crippen LogP) is 3.51. The quantitative estimate of drug-likeness (QED) is 0.455. The molecule has 3 rings (SSSR count). The Morgan fingerprint density at radius 3 is 2.36 bits per heavy atom. The van der Waals surface area contributed by atoms with E-state index in [0.717, 1.165) is 43.5 Å². The molecule has 2 aromatic carbocycles. The summed E-state index contributed by atoms with van der Waals surface area (Å²) in [5.74, 6) is -2.70. The van der Waals surface area contributed by atoms with Crippen LogP contribution in [0.1, 0.15) is 26.2 Å². The Morgan fingerprint density at radius 2 is 1.79 bits per heavy atom. The van der Waals surface area contributed by atoms with E-state index in [4.69, 9.17) is 0 Å². The van der Waals surface area contributed by atoms with E-state index in [1.807, 2.05) is 0 Å². The molecule has 178 valence electrons. The molecule has 0 saturated carbocycles. The van der Waals surface area contributed by atoms with Crippen LogP contribution in [0.2, 0.25) is 0 Å². The predicted molar refractivity (Wildman–Crippen MR) is 119 cm³/mol. The first-order chi connectivity index (χ1) is 15.6. The maximum absolute atomic E-state index is 13.8. The van der Waals surface area contributed by atoms with Crippen molar-refractivity contribution in [1.29, 1.82) is 0 Å². The molecule has 1 saturated heterocycles. The summed E-state index contributed by atoms with van der Waals surface area (Å²) in [5, 5.41) is 13.9. The summed E-state index contributed by atoms with van der Waals surface area (Å²) in [7, 11) is -3.89. The average molecular weight is 483 g/mol. The third kappa shape index (κ3) is 5.45. The highest BCUT2D eigenvalue weighted by Crippen LogP contribution is 2.32. The van der Waals surface area contributed by atoms with Crippen LogP contribution in [0.5, 0.6) is 0 Å². The lowest BCUT2D eigenvalue weighted by Gasteiger charge is -2.26. The van der Waals surface area contributed by atoms with Gasteiger partial charge in [0, 0.05) is 25.7 Å². The van der Waals surface area contributed by atoms with Gasteiger partial charge in [-0.05, 0) is 44.0 Å². The molecule has 0 atom stereocenters. The highest BCUT2D eigenvalue weighted by molar-refractivity contribution is 7.89. The molecule has 1 aliphatic heterocycles. The van der Waals surface area contributed by atoms with Crippen molar-refractivity contribution >= 4 is 33.0 Å². The molecular formula is C21H24F2N4O5S. The summed E-state index contributed by atoms with van der Waals surface area (Å²) in [6.07, 6.45) is 2.37. The number of anilines is 2. The van der Waals surface area contributed by atoms with Crippen LogP contribution in [0.4, 0.5) is 25.8 Å². The molecule has 0 bridgehead atoms. The van der Waals surface area contributed by atoms with Crippen LogP contribution in [-0.4, -0.2) is 49.7 Å². The molecule has 1 N–H and O–H groups in total. The van der Waals surface area contributed by atoms with Crippen molar-refractivity contribution in [2.45, 2.75) is 31.1 Å². The number of sulfonamides is 1. The van der Waals surface area contributed by atoms with E-state index in [1.54, 1.807) is 6.92 Å². The van der Waals surface area contributed by atoms with E-state index in [1.165, 1.54) is 21.3 Å². The van der Waals surface area contributed by atoms with E-state index in [9.17, 15) is 32.1 Å². The van der Waals surface area contributed by atoms with Crippen molar-refractivity contribution in [1.82, 2.24) is 4.31 Å². The molecule has 1 fully saturated rings. The third-order valence-electron chi connectivity index (χ3n) is 5.38. The number of nitro groups is 1. The molecule has 9 nitrogen and oxygen atoms in total. The number of hydrogen-bond acceptors (Lipinski definition) is 6. The first-order valence-corrected chi connectivity index (χ1v) is 11.9. The van der Waals surface area contributed by atoms with Gasteiger partial charge in [-0.1, -0.05) is 12.5 Å². The van der Waals surface area contributed by atoms with Gasteiger partial charge in [0.05, 0.1) is 16.4 Å². The lowest BCUT2D eigenvalue weighted by atomic mass is 10.2. The minimum Gasteiger partial charge on any atom is -0.357 e. The topological polar surface area (TPSA) is 113 Å². The SMILES string of the molecule is CCN(CC(=O)Nc1c(F)cccc1F)c1ccc(S(=O)(=O)N2CCCCC2)cc1[N+](=O)[O-]. The number of halogens is 2. The van der Waals surface area contributed by atoms with Crippen LogP contribution in [0.15, 0.2) is 41.3 Å². The van der Waals surface area contributed by atoms with Crippen molar-refractivity contribution in [2.75, 3.05) is 36.4 Å². The second kappa shape index (κ2) is 10.2. The molecule has 0 unspecified atom stereocenters. The van der Waals surface area contributed by atoms with Crippen LogP contribution < -0.4 is 10.2 Å². The minimum atomic E-state index is -3.89. The van der Waals surface area contributed by atoms with E-state index in [-0.39, 0.29) is 17.1 Å².